The molecule has 0 aliphatic carbocycles. The molecule has 7 heteroatoms. The van der Waals surface area contributed by atoms with Crippen molar-refractivity contribution in [2.75, 3.05) is 19.8 Å². The molecular weight excluding hydrogens is 277 g/mol. The molecular formula is C13H24N3O3P. The Bertz CT molecular complexity index is 454. The number of rotatable bonds is 6. The number of aliphatic imine (C=N–C) groups is 1. The number of nitrogens with zero attached hydrogens (tertiary/aromatic N) is 2. The first-order valence-electron chi connectivity index (χ1n) is 7.15. The van der Waals surface area contributed by atoms with Gasteiger partial charge in [-0.25, -0.2) is 9.65 Å². The Kier molecular flexibility index (Phi) is 5.02. The largest absolute Gasteiger partial charge is 0.405 e. The van der Waals surface area contributed by atoms with E-state index in [1.807, 2.05) is 20.2 Å². The molecule has 1 fully saturated rings. The van der Waals surface area contributed by atoms with Gasteiger partial charge in [0.05, 0.1) is 25.6 Å². The summed E-state index contributed by atoms with van der Waals surface area (Å²) in [5, 5.41) is 3.06. The minimum absolute atomic E-state index is 0.0561. The Morgan fingerprint density at radius 1 is 1.45 bits per heavy atom. The van der Waals surface area contributed by atoms with Gasteiger partial charge in [0.15, 0.2) is 0 Å². The summed E-state index contributed by atoms with van der Waals surface area (Å²) in [6.07, 6.45) is 2.70. The fraction of sp³-hybridized carbons (Fsp3) is 0.769. The molecule has 20 heavy (non-hydrogen) atoms. The first-order valence-corrected chi connectivity index (χ1v) is 8.69. The normalized spacial score (nSPS) is 26.3. The lowest BCUT2D eigenvalue weighted by atomic mass is 10.1. The van der Waals surface area contributed by atoms with E-state index in [4.69, 9.17) is 9.05 Å². The van der Waals surface area contributed by atoms with Gasteiger partial charge in [-0.05, 0) is 33.3 Å². The van der Waals surface area contributed by atoms with Gasteiger partial charge in [-0.15, -0.1) is 0 Å². The van der Waals surface area contributed by atoms with Crippen LogP contribution < -0.4 is 5.09 Å². The quantitative estimate of drug-likeness (QED) is 0.764. The van der Waals surface area contributed by atoms with E-state index in [2.05, 4.69) is 28.8 Å². The number of nitrogens with one attached hydrogen (secondary N) is 1. The fourth-order valence-corrected chi connectivity index (χ4v) is 4.09. The first kappa shape index (κ1) is 15.7. The zero-order chi connectivity index (χ0) is 14.8. The number of hydrogen-bond acceptors (Lipinski definition) is 5. The van der Waals surface area contributed by atoms with Crippen molar-refractivity contribution < 1.29 is 13.6 Å². The highest BCUT2D eigenvalue weighted by atomic mass is 31.2. The van der Waals surface area contributed by atoms with E-state index in [-0.39, 0.29) is 12.1 Å². The Morgan fingerprint density at radius 2 is 2.10 bits per heavy atom. The highest BCUT2D eigenvalue weighted by Gasteiger charge is 2.35. The first-order chi connectivity index (χ1) is 9.49. The van der Waals surface area contributed by atoms with Gasteiger partial charge in [0.2, 0.25) is 0 Å². The summed E-state index contributed by atoms with van der Waals surface area (Å²) in [4.78, 5) is 6.56. The molecule has 1 saturated heterocycles. The topological polar surface area (TPSA) is 63.2 Å². The van der Waals surface area contributed by atoms with Gasteiger partial charge in [-0.2, -0.15) is 0 Å². The lowest BCUT2D eigenvalue weighted by Crippen LogP contribution is -2.32. The highest BCUT2D eigenvalue weighted by Crippen LogP contribution is 2.45. The molecule has 2 unspecified atom stereocenters. The molecule has 2 rings (SSSR count). The van der Waals surface area contributed by atoms with Crippen LogP contribution in [0.15, 0.2) is 16.3 Å². The van der Waals surface area contributed by atoms with Crippen LogP contribution in [0.4, 0.5) is 0 Å². The molecule has 0 aromatic rings. The molecule has 2 aliphatic heterocycles. The van der Waals surface area contributed by atoms with Gasteiger partial charge in [-0.3, -0.25) is 14.0 Å². The van der Waals surface area contributed by atoms with E-state index in [9.17, 15) is 4.57 Å². The highest BCUT2D eigenvalue weighted by molar-refractivity contribution is 7.51. The average Bonchev–Trinajstić information content (AvgIpc) is 2.77. The molecule has 0 aromatic carbocycles. The van der Waals surface area contributed by atoms with E-state index in [0.29, 0.717) is 13.2 Å². The maximum atomic E-state index is 12.5. The fourth-order valence-electron chi connectivity index (χ4n) is 2.56. The molecule has 2 atom stereocenters. The Hall–Kier alpha value is -0.680. The molecule has 6 nitrogen and oxygen atoms in total. The number of hydrogen-bond donors (Lipinski definition) is 1. The summed E-state index contributed by atoms with van der Waals surface area (Å²) in [7, 11) is -3.20. The summed E-state index contributed by atoms with van der Waals surface area (Å²) >= 11 is 0. The van der Waals surface area contributed by atoms with Crippen LogP contribution in [0.1, 0.15) is 34.1 Å². The van der Waals surface area contributed by atoms with Gasteiger partial charge >= 0.3 is 7.75 Å². The number of fused-ring (bicyclic) bond motifs is 1. The third-order valence-corrected chi connectivity index (χ3v) is 5.53. The third kappa shape index (κ3) is 3.31. The van der Waals surface area contributed by atoms with Crippen molar-refractivity contribution >= 4 is 14.1 Å². The van der Waals surface area contributed by atoms with Crippen molar-refractivity contribution in [3.05, 3.63) is 11.3 Å². The second kappa shape index (κ2) is 6.39. The lowest BCUT2D eigenvalue weighted by Gasteiger charge is -2.24. The standard InChI is InChI=1S/C13H24N3O3P/c1-5-18-20(17,19-6-2)15-12-7-13-10(3)11(4)14-9-16(13)8-12/h9,11-12H,5-8H2,1-4H3,(H,15,17). The van der Waals surface area contributed by atoms with Crippen molar-refractivity contribution in [1.82, 2.24) is 9.99 Å². The predicted molar refractivity (Wildman–Crippen MR) is 79.8 cm³/mol. The average molecular weight is 301 g/mol. The summed E-state index contributed by atoms with van der Waals surface area (Å²) < 4.78 is 23.1. The smallest absolute Gasteiger partial charge is 0.335 e. The van der Waals surface area contributed by atoms with E-state index in [1.165, 1.54) is 11.3 Å². The van der Waals surface area contributed by atoms with Crippen molar-refractivity contribution in [3.8, 4) is 0 Å². The summed E-state index contributed by atoms with van der Waals surface area (Å²) in [5.41, 5.74) is 2.55. The van der Waals surface area contributed by atoms with Gasteiger partial charge in [0.25, 0.3) is 0 Å². The molecule has 114 valence electrons. The molecule has 0 aromatic heterocycles. The van der Waals surface area contributed by atoms with Crippen molar-refractivity contribution in [2.24, 2.45) is 4.99 Å². The molecule has 0 amide bonds. The summed E-state index contributed by atoms with van der Waals surface area (Å²) in [6, 6.07) is 0.284. The molecule has 0 radical (unpaired) electrons. The molecule has 2 heterocycles. The maximum absolute atomic E-state index is 12.5. The minimum atomic E-state index is -3.20. The van der Waals surface area contributed by atoms with E-state index < -0.39 is 7.75 Å². The van der Waals surface area contributed by atoms with Crippen molar-refractivity contribution in [1.29, 1.82) is 0 Å². The van der Waals surface area contributed by atoms with Gasteiger partial charge in [-0.1, -0.05) is 0 Å². The van der Waals surface area contributed by atoms with Crippen molar-refractivity contribution in [3.63, 3.8) is 0 Å². The Balaban J connectivity index is 2.06. The van der Waals surface area contributed by atoms with Crippen LogP contribution >= 0.6 is 7.75 Å². The summed E-state index contributed by atoms with van der Waals surface area (Å²) in [6.45, 7) is 9.28. The lowest BCUT2D eigenvalue weighted by molar-refractivity contribution is 0.207. The predicted octanol–water partition coefficient (Wildman–Crippen LogP) is 2.54. The molecule has 2 aliphatic rings. The molecule has 1 N–H and O–H groups in total. The van der Waals surface area contributed by atoms with Gasteiger partial charge in [0, 0.05) is 24.7 Å². The van der Waals surface area contributed by atoms with Crippen LogP contribution in [-0.2, 0) is 13.6 Å². The minimum Gasteiger partial charge on any atom is -0.335 e. The Labute approximate surface area is 120 Å². The second-order valence-corrected chi connectivity index (χ2v) is 6.86. The maximum Gasteiger partial charge on any atom is 0.405 e. The van der Waals surface area contributed by atoms with Crippen LogP contribution in [-0.4, -0.2) is 43.1 Å². The second-order valence-electron chi connectivity index (χ2n) is 5.09. The van der Waals surface area contributed by atoms with Crippen LogP contribution in [0.5, 0.6) is 0 Å². The zero-order valence-electron chi connectivity index (χ0n) is 12.6. The van der Waals surface area contributed by atoms with Crippen LogP contribution in [0.25, 0.3) is 0 Å². The molecule has 0 bridgehead atoms. The molecule has 0 spiro atoms. The van der Waals surface area contributed by atoms with Gasteiger partial charge in [0.1, 0.15) is 0 Å². The van der Waals surface area contributed by atoms with E-state index in [1.54, 1.807) is 0 Å². The van der Waals surface area contributed by atoms with E-state index >= 15 is 0 Å². The Morgan fingerprint density at radius 3 is 2.70 bits per heavy atom. The van der Waals surface area contributed by atoms with Crippen LogP contribution in [0.3, 0.4) is 0 Å². The van der Waals surface area contributed by atoms with E-state index in [0.717, 1.165) is 13.0 Å². The SMILES string of the molecule is CCOP(=O)(NC1CC2=C(C)C(C)N=CN2C1)OCC. The van der Waals surface area contributed by atoms with Crippen molar-refractivity contribution in [2.45, 2.75) is 46.2 Å². The third-order valence-electron chi connectivity index (χ3n) is 3.65. The summed E-state index contributed by atoms with van der Waals surface area (Å²) in [5.74, 6) is 0. The zero-order valence-corrected chi connectivity index (χ0v) is 13.5. The monoisotopic (exact) mass is 301 g/mol. The molecule has 0 saturated carbocycles. The van der Waals surface area contributed by atoms with Crippen LogP contribution in [0.2, 0.25) is 0 Å². The van der Waals surface area contributed by atoms with Crippen LogP contribution in [0, 0.1) is 0 Å². The van der Waals surface area contributed by atoms with Gasteiger partial charge < -0.3 is 4.90 Å².